The number of benzene rings is 1. The van der Waals surface area contributed by atoms with Gasteiger partial charge in [-0.25, -0.2) is 0 Å². The Morgan fingerprint density at radius 3 is 2.58 bits per heavy atom. The Labute approximate surface area is 158 Å². The number of rotatable bonds is 10. The van der Waals surface area contributed by atoms with Gasteiger partial charge in [-0.1, -0.05) is 17.8 Å². The highest BCUT2D eigenvalue weighted by atomic mass is 32.2. The third-order valence-electron chi connectivity index (χ3n) is 3.96. The normalized spacial score (nSPS) is 10.6. The molecule has 8 heteroatoms. The molecular formula is C18H26N4O3S. The van der Waals surface area contributed by atoms with Gasteiger partial charge in [0.1, 0.15) is 18.1 Å². The van der Waals surface area contributed by atoms with Crippen molar-refractivity contribution in [3.63, 3.8) is 0 Å². The molecule has 0 unspecified atom stereocenters. The van der Waals surface area contributed by atoms with E-state index < -0.39 is 0 Å². The van der Waals surface area contributed by atoms with Crippen LogP contribution in [0.1, 0.15) is 26.6 Å². The molecule has 0 radical (unpaired) electrons. The SMILES string of the molecule is CCN(CC)C(=O)CSc1nnc(COc2cccc(OC)c2)n1CC. The summed E-state index contributed by atoms with van der Waals surface area (Å²) in [7, 11) is 1.62. The van der Waals surface area contributed by atoms with Crippen LogP contribution in [0.5, 0.6) is 11.5 Å². The number of aromatic nitrogens is 3. The number of ether oxygens (including phenoxy) is 2. The van der Waals surface area contributed by atoms with E-state index in [-0.39, 0.29) is 5.91 Å². The Kier molecular flexibility index (Phi) is 7.77. The van der Waals surface area contributed by atoms with E-state index in [0.29, 0.717) is 24.7 Å². The third kappa shape index (κ3) is 5.14. The molecule has 142 valence electrons. The van der Waals surface area contributed by atoms with Gasteiger partial charge in [0.15, 0.2) is 11.0 Å². The maximum Gasteiger partial charge on any atom is 0.233 e. The molecule has 0 atom stereocenters. The van der Waals surface area contributed by atoms with Crippen molar-refractivity contribution in [2.75, 3.05) is 26.0 Å². The number of amides is 1. The van der Waals surface area contributed by atoms with E-state index in [1.165, 1.54) is 11.8 Å². The van der Waals surface area contributed by atoms with E-state index in [1.807, 2.05) is 54.5 Å². The lowest BCUT2D eigenvalue weighted by Gasteiger charge is -2.18. The zero-order chi connectivity index (χ0) is 18.9. The molecule has 0 saturated carbocycles. The van der Waals surface area contributed by atoms with Gasteiger partial charge in [0.2, 0.25) is 5.91 Å². The van der Waals surface area contributed by atoms with E-state index >= 15 is 0 Å². The van der Waals surface area contributed by atoms with E-state index in [2.05, 4.69) is 10.2 Å². The van der Waals surface area contributed by atoms with Crippen molar-refractivity contribution in [2.45, 2.75) is 39.1 Å². The van der Waals surface area contributed by atoms with Gasteiger partial charge in [-0.15, -0.1) is 10.2 Å². The molecule has 1 amide bonds. The van der Waals surface area contributed by atoms with Crippen molar-refractivity contribution in [1.82, 2.24) is 19.7 Å². The van der Waals surface area contributed by atoms with Gasteiger partial charge in [0.25, 0.3) is 0 Å². The summed E-state index contributed by atoms with van der Waals surface area (Å²) in [6.45, 7) is 8.44. The number of methoxy groups -OCH3 is 1. The topological polar surface area (TPSA) is 69.5 Å². The third-order valence-corrected chi connectivity index (χ3v) is 4.91. The number of nitrogens with zero attached hydrogens (tertiary/aromatic N) is 4. The Morgan fingerprint density at radius 1 is 1.19 bits per heavy atom. The predicted octanol–water partition coefficient (Wildman–Crippen LogP) is 2.85. The molecule has 0 saturated heterocycles. The van der Waals surface area contributed by atoms with E-state index in [1.54, 1.807) is 7.11 Å². The molecule has 0 bridgehead atoms. The Morgan fingerprint density at radius 2 is 1.92 bits per heavy atom. The summed E-state index contributed by atoms with van der Waals surface area (Å²) in [4.78, 5) is 14.0. The van der Waals surface area contributed by atoms with Crippen LogP contribution in [0, 0.1) is 0 Å². The second kappa shape index (κ2) is 10.1. The van der Waals surface area contributed by atoms with Gasteiger partial charge in [-0.05, 0) is 32.9 Å². The minimum Gasteiger partial charge on any atom is -0.497 e. The van der Waals surface area contributed by atoms with E-state index in [0.717, 1.165) is 29.8 Å². The number of hydrogen-bond acceptors (Lipinski definition) is 6. The highest BCUT2D eigenvalue weighted by Gasteiger charge is 2.16. The number of hydrogen-bond donors (Lipinski definition) is 0. The van der Waals surface area contributed by atoms with Crippen LogP contribution in [-0.2, 0) is 17.9 Å². The Bertz CT molecular complexity index is 716. The van der Waals surface area contributed by atoms with Crippen molar-refractivity contribution in [1.29, 1.82) is 0 Å². The summed E-state index contributed by atoms with van der Waals surface area (Å²) in [5, 5.41) is 9.17. The minimum atomic E-state index is 0.111. The van der Waals surface area contributed by atoms with Crippen LogP contribution in [-0.4, -0.2) is 51.5 Å². The average Bonchev–Trinajstić information content (AvgIpc) is 3.07. The van der Waals surface area contributed by atoms with Crippen LogP contribution < -0.4 is 9.47 Å². The Balaban J connectivity index is 1.99. The van der Waals surface area contributed by atoms with Gasteiger partial charge in [-0.2, -0.15) is 0 Å². The van der Waals surface area contributed by atoms with E-state index in [4.69, 9.17) is 9.47 Å². The zero-order valence-corrected chi connectivity index (χ0v) is 16.6. The summed E-state index contributed by atoms with van der Waals surface area (Å²) in [6.07, 6.45) is 0. The predicted molar refractivity (Wildman–Crippen MR) is 102 cm³/mol. The molecule has 0 fully saturated rings. The maximum atomic E-state index is 12.2. The highest BCUT2D eigenvalue weighted by Crippen LogP contribution is 2.21. The van der Waals surface area contributed by atoms with Crippen molar-refractivity contribution in [3.8, 4) is 11.5 Å². The summed E-state index contributed by atoms with van der Waals surface area (Å²) < 4.78 is 13.0. The lowest BCUT2D eigenvalue weighted by molar-refractivity contribution is -0.127. The maximum absolute atomic E-state index is 12.2. The molecule has 2 rings (SSSR count). The van der Waals surface area contributed by atoms with Crippen LogP contribution in [0.25, 0.3) is 0 Å². The fourth-order valence-corrected chi connectivity index (χ4v) is 3.41. The van der Waals surface area contributed by atoms with Gasteiger partial charge in [0.05, 0.1) is 12.9 Å². The molecule has 26 heavy (non-hydrogen) atoms. The largest absolute Gasteiger partial charge is 0.497 e. The van der Waals surface area contributed by atoms with Gasteiger partial charge in [0, 0.05) is 25.7 Å². The van der Waals surface area contributed by atoms with Crippen molar-refractivity contribution in [2.24, 2.45) is 0 Å². The molecule has 0 aliphatic rings. The molecule has 0 aliphatic heterocycles. The molecular weight excluding hydrogens is 352 g/mol. The number of thioether (sulfide) groups is 1. The second-order valence-corrected chi connectivity index (χ2v) is 6.41. The lowest BCUT2D eigenvalue weighted by atomic mass is 10.3. The Hall–Kier alpha value is -2.22. The van der Waals surface area contributed by atoms with Crippen molar-refractivity contribution >= 4 is 17.7 Å². The quantitative estimate of drug-likeness (QED) is 0.592. The fraction of sp³-hybridized carbons (Fsp3) is 0.500. The fourth-order valence-electron chi connectivity index (χ4n) is 2.48. The first-order valence-corrected chi connectivity index (χ1v) is 9.70. The molecule has 1 heterocycles. The summed E-state index contributed by atoms with van der Waals surface area (Å²) >= 11 is 1.41. The van der Waals surface area contributed by atoms with Gasteiger partial charge in [-0.3, -0.25) is 4.79 Å². The second-order valence-electron chi connectivity index (χ2n) is 5.47. The molecule has 1 aromatic heterocycles. The monoisotopic (exact) mass is 378 g/mol. The molecule has 0 aliphatic carbocycles. The molecule has 1 aromatic carbocycles. The smallest absolute Gasteiger partial charge is 0.233 e. The van der Waals surface area contributed by atoms with Crippen LogP contribution in [0.4, 0.5) is 0 Å². The zero-order valence-electron chi connectivity index (χ0n) is 15.8. The molecule has 0 N–H and O–H groups in total. The van der Waals surface area contributed by atoms with Crippen LogP contribution in [0.2, 0.25) is 0 Å². The van der Waals surface area contributed by atoms with Crippen LogP contribution in [0.3, 0.4) is 0 Å². The number of carbonyl (C=O) groups is 1. The van der Waals surface area contributed by atoms with Crippen LogP contribution in [0.15, 0.2) is 29.4 Å². The van der Waals surface area contributed by atoms with Crippen molar-refractivity contribution < 1.29 is 14.3 Å². The first-order chi connectivity index (χ1) is 12.6. The summed E-state index contributed by atoms with van der Waals surface area (Å²) in [6, 6.07) is 7.43. The van der Waals surface area contributed by atoms with Crippen molar-refractivity contribution in [3.05, 3.63) is 30.1 Å². The molecule has 0 spiro atoms. The standard InChI is InChI=1S/C18H26N4O3S/c1-5-21(6-2)17(23)13-26-18-20-19-16(22(18)7-3)12-25-15-10-8-9-14(11-15)24-4/h8-11H,5-7,12-13H2,1-4H3. The average molecular weight is 378 g/mol. The first-order valence-electron chi connectivity index (χ1n) is 8.72. The first kappa shape index (κ1) is 20.1. The van der Waals surface area contributed by atoms with E-state index in [9.17, 15) is 4.79 Å². The lowest BCUT2D eigenvalue weighted by Crippen LogP contribution is -2.31. The van der Waals surface area contributed by atoms with Gasteiger partial charge >= 0.3 is 0 Å². The summed E-state index contributed by atoms with van der Waals surface area (Å²) in [5.41, 5.74) is 0. The highest BCUT2D eigenvalue weighted by molar-refractivity contribution is 7.99. The van der Waals surface area contributed by atoms with Crippen LogP contribution >= 0.6 is 11.8 Å². The molecule has 7 nitrogen and oxygen atoms in total. The number of carbonyl (C=O) groups excluding carboxylic acids is 1. The minimum absolute atomic E-state index is 0.111. The van der Waals surface area contributed by atoms with Gasteiger partial charge < -0.3 is 18.9 Å². The summed E-state index contributed by atoms with van der Waals surface area (Å²) in [5.74, 6) is 2.65. The molecule has 2 aromatic rings.